The lowest BCUT2D eigenvalue weighted by molar-refractivity contribution is -0.128. The highest BCUT2D eigenvalue weighted by molar-refractivity contribution is 5.96. The zero-order valence-electron chi connectivity index (χ0n) is 12.9. The third-order valence-electron chi connectivity index (χ3n) is 4.95. The van der Waals surface area contributed by atoms with Crippen molar-refractivity contribution >= 4 is 11.6 Å². The molecule has 1 aliphatic heterocycles. The molecule has 1 aliphatic carbocycles. The van der Waals surface area contributed by atoms with Gasteiger partial charge in [-0.05, 0) is 37.4 Å². The van der Waals surface area contributed by atoms with Crippen LogP contribution in [-0.2, 0) is 4.79 Å². The predicted octanol–water partition coefficient (Wildman–Crippen LogP) is 2.97. The van der Waals surface area contributed by atoms with Crippen molar-refractivity contribution in [3.8, 4) is 5.75 Å². The Balaban J connectivity index is 1.72. The molecule has 0 bridgehead atoms. The zero-order chi connectivity index (χ0) is 15.4. The van der Waals surface area contributed by atoms with Gasteiger partial charge in [0, 0.05) is 18.3 Å². The Morgan fingerprint density at radius 3 is 3.27 bits per heavy atom. The topological polar surface area (TPSA) is 50.4 Å². The van der Waals surface area contributed by atoms with Crippen molar-refractivity contribution in [2.45, 2.75) is 25.7 Å². The minimum atomic E-state index is -0.226. The summed E-state index contributed by atoms with van der Waals surface area (Å²) in [5, 5.41) is 6.52. The average Bonchev–Trinajstić information content (AvgIpc) is 2.98. The van der Waals surface area contributed by atoms with Crippen LogP contribution in [0.15, 0.2) is 36.9 Å². The predicted molar refractivity (Wildman–Crippen MR) is 88.0 cm³/mol. The van der Waals surface area contributed by atoms with Crippen LogP contribution in [0.5, 0.6) is 5.75 Å². The number of rotatable bonds is 5. The minimum Gasteiger partial charge on any atom is -0.489 e. The lowest BCUT2D eigenvalue weighted by Crippen LogP contribution is -2.44. The molecule has 2 atom stereocenters. The maximum Gasteiger partial charge on any atom is 0.232 e. The summed E-state index contributed by atoms with van der Waals surface area (Å²) in [6, 6.07) is 7.57. The Morgan fingerprint density at radius 2 is 2.41 bits per heavy atom. The second-order valence-electron chi connectivity index (χ2n) is 6.31. The SMILES string of the molecule is C=CCOc1cccc(NC(=O)[C@@]23CCCC[C@H]2CNC3)c1. The molecule has 1 saturated heterocycles. The second kappa shape index (κ2) is 6.53. The number of ether oxygens (including phenoxy) is 1. The number of benzene rings is 1. The fourth-order valence-corrected chi connectivity index (χ4v) is 3.76. The summed E-state index contributed by atoms with van der Waals surface area (Å²) in [6.45, 7) is 5.88. The van der Waals surface area contributed by atoms with Gasteiger partial charge in [0.15, 0.2) is 0 Å². The van der Waals surface area contributed by atoms with Gasteiger partial charge in [-0.2, -0.15) is 0 Å². The van der Waals surface area contributed by atoms with Crippen molar-refractivity contribution in [2.75, 3.05) is 25.0 Å². The minimum absolute atomic E-state index is 0.156. The highest BCUT2D eigenvalue weighted by Crippen LogP contribution is 2.44. The summed E-state index contributed by atoms with van der Waals surface area (Å²) in [4.78, 5) is 12.9. The van der Waals surface area contributed by atoms with E-state index in [0.717, 1.165) is 43.8 Å². The maximum atomic E-state index is 12.9. The van der Waals surface area contributed by atoms with E-state index in [2.05, 4.69) is 17.2 Å². The molecule has 2 fully saturated rings. The first-order valence-corrected chi connectivity index (χ1v) is 8.10. The molecule has 1 aromatic rings. The van der Waals surface area contributed by atoms with Crippen LogP contribution >= 0.6 is 0 Å². The molecule has 22 heavy (non-hydrogen) atoms. The summed E-state index contributed by atoms with van der Waals surface area (Å²) in [5.41, 5.74) is 0.577. The fourth-order valence-electron chi connectivity index (χ4n) is 3.76. The van der Waals surface area contributed by atoms with Crippen LogP contribution in [0.3, 0.4) is 0 Å². The number of hydrogen-bond acceptors (Lipinski definition) is 3. The highest BCUT2D eigenvalue weighted by Gasteiger charge is 2.49. The maximum absolute atomic E-state index is 12.9. The van der Waals surface area contributed by atoms with Gasteiger partial charge in [0.1, 0.15) is 12.4 Å². The van der Waals surface area contributed by atoms with Crippen LogP contribution in [0.25, 0.3) is 0 Å². The number of carbonyl (C=O) groups is 1. The van der Waals surface area contributed by atoms with Crippen LogP contribution in [0.4, 0.5) is 5.69 Å². The summed E-state index contributed by atoms with van der Waals surface area (Å²) < 4.78 is 5.53. The van der Waals surface area contributed by atoms with Gasteiger partial charge in [-0.3, -0.25) is 4.79 Å². The molecule has 0 spiro atoms. The monoisotopic (exact) mass is 300 g/mol. The highest BCUT2D eigenvalue weighted by atomic mass is 16.5. The molecule has 0 unspecified atom stereocenters. The number of carbonyl (C=O) groups excluding carboxylic acids is 1. The molecule has 1 saturated carbocycles. The van der Waals surface area contributed by atoms with E-state index in [1.54, 1.807) is 6.08 Å². The molecule has 4 heteroatoms. The third-order valence-corrected chi connectivity index (χ3v) is 4.95. The van der Waals surface area contributed by atoms with Crippen LogP contribution in [0.1, 0.15) is 25.7 Å². The molecular weight excluding hydrogens is 276 g/mol. The van der Waals surface area contributed by atoms with E-state index >= 15 is 0 Å². The molecule has 0 aromatic heterocycles. The Hall–Kier alpha value is -1.81. The average molecular weight is 300 g/mol. The molecule has 1 amide bonds. The Labute approximate surface area is 131 Å². The van der Waals surface area contributed by atoms with Gasteiger partial charge < -0.3 is 15.4 Å². The van der Waals surface area contributed by atoms with Crippen LogP contribution in [0.2, 0.25) is 0 Å². The number of amides is 1. The lowest BCUT2D eigenvalue weighted by Gasteiger charge is -2.37. The van der Waals surface area contributed by atoms with Gasteiger partial charge in [-0.25, -0.2) is 0 Å². The summed E-state index contributed by atoms with van der Waals surface area (Å²) in [6.07, 6.45) is 6.24. The smallest absolute Gasteiger partial charge is 0.232 e. The number of anilines is 1. The van der Waals surface area contributed by atoms with Crippen LogP contribution in [0, 0.1) is 11.3 Å². The first kappa shape index (κ1) is 15.1. The quantitative estimate of drug-likeness (QED) is 0.822. The summed E-state index contributed by atoms with van der Waals surface area (Å²) in [7, 11) is 0. The molecule has 3 rings (SSSR count). The Kier molecular flexibility index (Phi) is 4.48. The van der Waals surface area contributed by atoms with Crippen LogP contribution < -0.4 is 15.4 Å². The van der Waals surface area contributed by atoms with E-state index in [1.807, 2.05) is 24.3 Å². The Bertz CT molecular complexity index is 558. The summed E-state index contributed by atoms with van der Waals surface area (Å²) >= 11 is 0. The van der Waals surface area contributed by atoms with Gasteiger partial charge in [0.25, 0.3) is 0 Å². The number of hydrogen-bond donors (Lipinski definition) is 2. The molecule has 118 valence electrons. The lowest BCUT2D eigenvalue weighted by atomic mass is 9.67. The van der Waals surface area contributed by atoms with Crippen molar-refractivity contribution in [1.29, 1.82) is 0 Å². The Morgan fingerprint density at radius 1 is 1.50 bits per heavy atom. The molecule has 2 N–H and O–H groups in total. The standard InChI is InChI=1S/C18H24N2O2/c1-2-10-22-16-8-5-7-15(11-16)20-17(21)18-9-4-3-6-14(18)12-19-13-18/h2,5,7-8,11,14,19H,1,3-4,6,9-10,12-13H2,(H,20,21)/t14-,18+/m0/s1. The van der Waals surface area contributed by atoms with Gasteiger partial charge in [0.2, 0.25) is 5.91 Å². The zero-order valence-corrected chi connectivity index (χ0v) is 12.9. The molecular formula is C18H24N2O2. The van der Waals surface area contributed by atoms with E-state index in [1.165, 1.54) is 6.42 Å². The van der Waals surface area contributed by atoms with Crippen LogP contribution in [-0.4, -0.2) is 25.6 Å². The third kappa shape index (κ3) is 2.88. The number of fused-ring (bicyclic) bond motifs is 1. The summed E-state index contributed by atoms with van der Waals surface area (Å²) in [5.74, 6) is 1.38. The second-order valence-corrected chi connectivity index (χ2v) is 6.31. The van der Waals surface area contributed by atoms with E-state index in [0.29, 0.717) is 12.5 Å². The normalized spacial score (nSPS) is 27.0. The van der Waals surface area contributed by atoms with Crippen molar-refractivity contribution in [3.63, 3.8) is 0 Å². The van der Waals surface area contributed by atoms with E-state index in [4.69, 9.17) is 4.74 Å². The molecule has 4 nitrogen and oxygen atoms in total. The molecule has 1 aromatic carbocycles. The van der Waals surface area contributed by atoms with Gasteiger partial charge in [-0.15, -0.1) is 0 Å². The van der Waals surface area contributed by atoms with E-state index in [9.17, 15) is 4.79 Å². The first-order valence-electron chi connectivity index (χ1n) is 8.10. The fraction of sp³-hybridized carbons (Fsp3) is 0.500. The van der Waals surface area contributed by atoms with E-state index < -0.39 is 0 Å². The van der Waals surface area contributed by atoms with E-state index in [-0.39, 0.29) is 11.3 Å². The van der Waals surface area contributed by atoms with Crippen molar-refractivity contribution < 1.29 is 9.53 Å². The van der Waals surface area contributed by atoms with Gasteiger partial charge in [0.05, 0.1) is 5.41 Å². The molecule has 2 aliphatic rings. The molecule has 0 radical (unpaired) electrons. The molecule has 1 heterocycles. The van der Waals surface area contributed by atoms with Crippen molar-refractivity contribution in [2.24, 2.45) is 11.3 Å². The number of nitrogens with one attached hydrogen (secondary N) is 2. The first-order chi connectivity index (χ1) is 10.7. The van der Waals surface area contributed by atoms with Gasteiger partial charge in [-0.1, -0.05) is 31.6 Å². The largest absolute Gasteiger partial charge is 0.489 e. The van der Waals surface area contributed by atoms with Crippen molar-refractivity contribution in [3.05, 3.63) is 36.9 Å². The van der Waals surface area contributed by atoms with Crippen molar-refractivity contribution in [1.82, 2.24) is 5.32 Å². The van der Waals surface area contributed by atoms with Gasteiger partial charge >= 0.3 is 0 Å².